The molecule has 2 aromatic heterocycles. The van der Waals surface area contributed by atoms with Crippen LogP contribution in [-0.2, 0) is 27.2 Å². The first-order valence-electron chi connectivity index (χ1n) is 9.03. The fourth-order valence-corrected chi connectivity index (χ4v) is 4.57. The van der Waals surface area contributed by atoms with Crippen molar-refractivity contribution in [1.29, 1.82) is 0 Å². The predicted molar refractivity (Wildman–Crippen MR) is 97.3 cm³/mol. The van der Waals surface area contributed by atoms with E-state index in [0.29, 0.717) is 5.57 Å². The molecule has 0 spiro atoms. The minimum absolute atomic E-state index is 0.0764. The molecule has 3 atom stereocenters. The van der Waals surface area contributed by atoms with Gasteiger partial charge in [0.25, 0.3) is 0 Å². The molecule has 5 heteroatoms. The van der Waals surface area contributed by atoms with E-state index < -0.39 is 0 Å². The van der Waals surface area contributed by atoms with E-state index in [1.54, 1.807) is 6.26 Å². The van der Waals surface area contributed by atoms with E-state index >= 15 is 0 Å². The van der Waals surface area contributed by atoms with Crippen LogP contribution in [-0.4, -0.2) is 24.2 Å². The summed E-state index contributed by atoms with van der Waals surface area (Å²) in [4.78, 5) is 15.8. The number of nitrogens with zero attached hydrogens (tertiary/aromatic N) is 1. The minimum Gasteiger partial charge on any atom is -0.497 e. The molecule has 0 fully saturated rings. The number of fused-ring (bicyclic) bond motifs is 6. The number of aromatic amines is 1. The van der Waals surface area contributed by atoms with Crippen molar-refractivity contribution in [2.45, 2.75) is 26.0 Å². The van der Waals surface area contributed by atoms with Gasteiger partial charge in [-0.05, 0) is 13.0 Å². The van der Waals surface area contributed by atoms with E-state index in [-0.39, 0.29) is 23.9 Å². The second-order valence-corrected chi connectivity index (χ2v) is 7.25. The summed E-state index contributed by atoms with van der Waals surface area (Å²) in [7, 11) is 1.43. The maximum atomic E-state index is 12.3. The zero-order valence-corrected chi connectivity index (χ0v) is 14.9. The summed E-state index contributed by atoms with van der Waals surface area (Å²) in [6.07, 6.45) is 4.64. The second kappa shape index (κ2) is 5.59. The molecule has 0 saturated heterocycles. The van der Waals surface area contributed by atoms with Gasteiger partial charge in [0.15, 0.2) is 12.7 Å². The Bertz CT molecular complexity index is 1070. The summed E-state index contributed by atoms with van der Waals surface area (Å²) in [6, 6.07) is 10.5. The third-order valence-corrected chi connectivity index (χ3v) is 5.97. The Morgan fingerprint density at radius 1 is 1.27 bits per heavy atom. The molecule has 0 radical (unpaired) electrons. The van der Waals surface area contributed by atoms with E-state index in [4.69, 9.17) is 9.47 Å². The molecule has 2 aliphatic heterocycles. The number of rotatable bonds is 1. The fraction of sp³-hybridized carbons (Fsp3) is 0.333. The van der Waals surface area contributed by atoms with Gasteiger partial charge in [-0.1, -0.05) is 18.2 Å². The van der Waals surface area contributed by atoms with Gasteiger partial charge in [-0.2, -0.15) is 0 Å². The Hall–Kier alpha value is -2.82. The van der Waals surface area contributed by atoms with Crippen molar-refractivity contribution in [2.75, 3.05) is 7.11 Å². The number of hydrogen-bond acceptors (Lipinski definition) is 3. The monoisotopic (exact) mass is 349 g/mol. The molecule has 5 nitrogen and oxygen atoms in total. The first-order valence-corrected chi connectivity index (χ1v) is 9.03. The SMILES string of the molecule is COC(=O)C1=CO[C@@H](C)C2C[n+]3ccc4c([nH]c5ccccc54)c3CC12. The number of esters is 1. The van der Waals surface area contributed by atoms with E-state index in [2.05, 4.69) is 46.9 Å². The normalized spacial score (nSPS) is 24.5. The van der Waals surface area contributed by atoms with Crippen molar-refractivity contribution in [2.24, 2.45) is 11.8 Å². The number of para-hydroxylation sites is 1. The number of carbonyl (C=O) groups excluding carboxylic acids is 1. The molecule has 1 aromatic carbocycles. The molecule has 5 rings (SSSR count). The molecule has 0 saturated carbocycles. The lowest BCUT2D eigenvalue weighted by Gasteiger charge is -2.36. The van der Waals surface area contributed by atoms with Crippen molar-refractivity contribution < 1.29 is 18.8 Å². The van der Waals surface area contributed by atoms with Crippen LogP contribution in [0.2, 0.25) is 0 Å². The molecule has 26 heavy (non-hydrogen) atoms. The summed E-state index contributed by atoms with van der Waals surface area (Å²) in [5.41, 5.74) is 4.19. The van der Waals surface area contributed by atoms with Gasteiger partial charge in [-0.25, -0.2) is 9.36 Å². The molecule has 2 aliphatic rings. The Labute approximate surface area is 151 Å². The molecule has 0 aliphatic carbocycles. The molecule has 0 amide bonds. The predicted octanol–water partition coefficient (Wildman–Crippen LogP) is 2.87. The molecular weight excluding hydrogens is 328 g/mol. The number of carbonyl (C=O) groups is 1. The highest BCUT2D eigenvalue weighted by atomic mass is 16.5. The maximum absolute atomic E-state index is 12.3. The average Bonchev–Trinajstić information content (AvgIpc) is 3.06. The molecule has 0 bridgehead atoms. The van der Waals surface area contributed by atoms with Gasteiger partial charge >= 0.3 is 5.97 Å². The fourth-order valence-electron chi connectivity index (χ4n) is 4.57. The number of pyridine rings is 1. The van der Waals surface area contributed by atoms with Crippen molar-refractivity contribution in [3.8, 4) is 0 Å². The van der Waals surface area contributed by atoms with Gasteiger partial charge in [0.05, 0.1) is 24.9 Å². The third-order valence-electron chi connectivity index (χ3n) is 5.97. The van der Waals surface area contributed by atoms with Crippen LogP contribution in [0, 0.1) is 11.8 Å². The van der Waals surface area contributed by atoms with Crippen molar-refractivity contribution in [3.63, 3.8) is 0 Å². The van der Waals surface area contributed by atoms with Gasteiger partial charge in [0.1, 0.15) is 11.6 Å². The van der Waals surface area contributed by atoms with Crippen LogP contribution < -0.4 is 4.57 Å². The first-order chi connectivity index (χ1) is 12.7. The smallest absolute Gasteiger partial charge is 0.337 e. The lowest BCUT2D eigenvalue weighted by molar-refractivity contribution is -0.717. The zero-order valence-electron chi connectivity index (χ0n) is 14.9. The van der Waals surface area contributed by atoms with E-state index in [1.807, 2.05) is 6.07 Å². The molecule has 1 N–H and O–H groups in total. The number of methoxy groups -OCH3 is 1. The van der Waals surface area contributed by atoms with Gasteiger partial charge in [0, 0.05) is 34.7 Å². The highest BCUT2D eigenvalue weighted by molar-refractivity contribution is 6.07. The highest BCUT2D eigenvalue weighted by Crippen LogP contribution is 2.38. The summed E-state index contributed by atoms with van der Waals surface area (Å²) in [5, 5.41) is 2.46. The van der Waals surface area contributed by atoms with Gasteiger partial charge in [-0.3, -0.25) is 0 Å². The third kappa shape index (κ3) is 2.09. The first kappa shape index (κ1) is 15.4. The van der Waals surface area contributed by atoms with E-state index in [0.717, 1.165) is 24.0 Å². The molecule has 132 valence electrons. The van der Waals surface area contributed by atoms with Crippen LogP contribution in [0.25, 0.3) is 21.8 Å². The number of hydrogen-bond donors (Lipinski definition) is 1. The number of ether oxygens (including phenoxy) is 2. The van der Waals surface area contributed by atoms with Crippen LogP contribution in [0.1, 0.15) is 12.6 Å². The Morgan fingerprint density at radius 3 is 2.96 bits per heavy atom. The van der Waals surface area contributed by atoms with Crippen LogP contribution in [0.5, 0.6) is 0 Å². The van der Waals surface area contributed by atoms with Crippen LogP contribution in [0.4, 0.5) is 0 Å². The maximum Gasteiger partial charge on any atom is 0.337 e. The summed E-state index contributed by atoms with van der Waals surface area (Å²) in [5.74, 6) is 0.0841. The standard InChI is InChI=1S/C21H20N2O3/c1-12-16-10-23-8-7-14-13-5-3-4-6-18(13)22-20(14)19(23)9-15(16)17(11-26-12)21(24)25-2/h3-8,11-12,15-16H,9-10H2,1-2H3/p+1/t12-,15?,16?/m0/s1. The van der Waals surface area contributed by atoms with Gasteiger partial charge < -0.3 is 14.5 Å². The zero-order chi connectivity index (χ0) is 17.8. The quantitative estimate of drug-likeness (QED) is 0.543. The number of nitrogens with one attached hydrogen (secondary N) is 1. The Balaban J connectivity index is 1.68. The minimum atomic E-state index is -0.288. The van der Waals surface area contributed by atoms with E-state index in [9.17, 15) is 4.79 Å². The average molecular weight is 349 g/mol. The lowest BCUT2D eigenvalue weighted by atomic mass is 9.76. The topological polar surface area (TPSA) is 55.2 Å². The molecule has 4 heterocycles. The van der Waals surface area contributed by atoms with E-state index in [1.165, 1.54) is 23.6 Å². The number of benzene rings is 1. The lowest BCUT2D eigenvalue weighted by Crippen LogP contribution is -2.53. The summed E-state index contributed by atoms with van der Waals surface area (Å²) < 4.78 is 13.0. The Morgan fingerprint density at radius 2 is 2.12 bits per heavy atom. The van der Waals surface area contributed by atoms with Crippen molar-refractivity contribution in [1.82, 2.24) is 4.98 Å². The largest absolute Gasteiger partial charge is 0.497 e. The van der Waals surface area contributed by atoms with Gasteiger partial charge in [0.2, 0.25) is 5.69 Å². The van der Waals surface area contributed by atoms with Crippen LogP contribution in [0.3, 0.4) is 0 Å². The molecule has 3 aromatic rings. The number of aromatic nitrogens is 2. The number of H-pyrrole nitrogens is 1. The summed E-state index contributed by atoms with van der Waals surface area (Å²) in [6.45, 7) is 2.91. The Kier molecular flexibility index (Phi) is 3.32. The molecular formula is C21H21N2O3+. The van der Waals surface area contributed by atoms with Gasteiger partial charge in [-0.15, -0.1) is 0 Å². The van der Waals surface area contributed by atoms with Crippen molar-refractivity contribution >= 4 is 27.8 Å². The van der Waals surface area contributed by atoms with Crippen molar-refractivity contribution in [3.05, 3.63) is 54.1 Å². The highest BCUT2D eigenvalue weighted by Gasteiger charge is 2.45. The molecule has 2 unspecified atom stereocenters. The van der Waals surface area contributed by atoms with Crippen LogP contribution in [0.15, 0.2) is 48.4 Å². The van der Waals surface area contributed by atoms with Crippen LogP contribution >= 0.6 is 0 Å². The second-order valence-electron chi connectivity index (χ2n) is 7.25. The summed E-state index contributed by atoms with van der Waals surface area (Å²) >= 11 is 0.